The van der Waals surface area contributed by atoms with Gasteiger partial charge in [0.2, 0.25) is 0 Å². The highest BCUT2D eigenvalue weighted by molar-refractivity contribution is 5.58. The van der Waals surface area contributed by atoms with Crippen LogP contribution in [0.1, 0.15) is 24.2 Å². The number of hydrogen-bond acceptors (Lipinski definition) is 2. The highest BCUT2D eigenvalue weighted by Crippen LogP contribution is 2.25. The van der Waals surface area contributed by atoms with E-state index in [2.05, 4.69) is 5.32 Å². The van der Waals surface area contributed by atoms with Gasteiger partial charge in [-0.15, -0.1) is 0 Å². The van der Waals surface area contributed by atoms with Crippen LogP contribution in [-0.2, 0) is 6.54 Å². The standard InChI is InChI=1S/C15H16FNO/c1-10-6-11(8-12(16)7-10)15-5-4-14(18-15)9-17-13-2-3-13/h4-8,13,17H,2-3,9H2,1H3. The predicted octanol–water partition coefficient (Wildman–Crippen LogP) is 3.65. The number of benzene rings is 1. The number of rotatable bonds is 4. The monoisotopic (exact) mass is 245 g/mol. The Bertz CT molecular complexity index is 537. The zero-order valence-corrected chi connectivity index (χ0v) is 10.4. The maximum absolute atomic E-state index is 13.3. The fourth-order valence-electron chi connectivity index (χ4n) is 2.04. The number of nitrogens with one attached hydrogen (secondary N) is 1. The van der Waals surface area contributed by atoms with E-state index < -0.39 is 0 Å². The number of furan rings is 1. The zero-order valence-electron chi connectivity index (χ0n) is 10.4. The van der Waals surface area contributed by atoms with E-state index >= 15 is 0 Å². The lowest BCUT2D eigenvalue weighted by Crippen LogP contribution is -2.14. The fourth-order valence-corrected chi connectivity index (χ4v) is 2.04. The maximum atomic E-state index is 13.3. The van der Waals surface area contributed by atoms with E-state index in [9.17, 15) is 4.39 Å². The topological polar surface area (TPSA) is 25.2 Å². The van der Waals surface area contributed by atoms with Gasteiger partial charge in [0.05, 0.1) is 6.54 Å². The van der Waals surface area contributed by atoms with Crippen LogP contribution in [0.5, 0.6) is 0 Å². The van der Waals surface area contributed by atoms with Crippen molar-refractivity contribution in [2.75, 3.05) is 0 Å². The van der Waals surface area contributed by atoms with E-state index in [1.165, 1.54) is 25.0 Å². The van der Waals surface area contributed by atoms with Gasteiger partial charge in [0.1, 0.15) is 17.3 Å². The van der Waals surface area contributed by atoms with Crippen molar-refractivity contribution in [2.24, 2.45) is 0 Å². The Kier molecular flexibility index (Phi) is 2.92. The summed E-state index contributed by atoms with van der Waals surface area (Å²) in [6.07, 6.45) is 2.52. The van der Waals surface area contributed by atoms with Gasteiger partial charge in [0.15, 0.2) is 0 Å². The molecule has 0 saturated heterocycles. The Morgan fingerprint density at radius 2 is 2.11 bits per heavy atom. The van der Waals surface area contributed by atoms with Crippen molar-refractivity contribution in [3.05, 3.63) is 47.5 Å². The summed E-state index contributed by atoms with van der Waals surface area (Å²) in [5.41, 5.74) is 1.70. The highest BCUT2D eigenvalue weighted by Gasteiger charge is 2.20. The van der Waals surface area contributed by atoms with Crippen molar-refractivity contribution >= 4 is 0 Å². The van der Waals surface area contributed by atoms with Gasteiger partial charge < -0.3 is 9.73 Å². The average Bonchev–Trinajstić information content (AvgIpc) is 3.02. The number of aryl methyl sites for hydroxylation is 1. The first-order valence-corrected chi connectivity index (χ1v) is 6.30. The molecule has 0 unspecified atom stereocenters. The third-order valence-electron chi connectivity index (χ3n) is 3.13. The van der Waals surface area contributed by atoms with Gasteiger partial charge in [-0.25, -0.2) is 4.39 Å². The van der Waals surface area contributed by atoms with E-state index in [4.69, 9.17) is 4.42 Å². The van der Waals surface area contributed by atoms with Gasteiger partial charge >= 0.3 is 0 Å². The van der Waals surface area contributed by atoms with Crippen molar-refractivity contribution in [3.8, 4) is 11.3 Å². The molecule has 3 rings (SSSR count). The molecule has 1 aliphatic carbocycles. The minimum atomic E-state index is -0.223. The molecule has 1 heterocycles. The van der Waals surface area contributed by atoms with E-state index in [0.717, 1.165) is 29.2 Å². The Hall–Kier alpha value is -1.61. The molecule has 94 valence electrons. The van der Waals surface area contributed by atoms with Crippen LogP contribution in [0.25, 0.3) is 11.3 Å². The highest BCUT2D eigenvalue weighted by atomic mass is 19.1. The molecular formula is C15H16FNO. The molecule has 2 nitrogen and oxygen atoms in total. The molecular weight excluding hydrogens is 229 g/mol. The molecule has 3 heteroatoms. The third kappa shape index (κ3) is 2.62. The van der Waals surface area contributed by atoms with Gasteiger partial charge in [0.25, 0.3) is 0 Å². The molecule has 1 saturated carbocycles. The van der Waals surface area contributed by atoms with Crippen LogP contribution in [0.4, 0.5) is 4.39 Å². The lowest BCUT2D eigenvalue weighted by molar-refractivity contribution is 0.492. The Labute approximate surface area is 106 Å². The lowest BCUT2D eigenvalue weighted by Gasteiger charge is -2.01. The van der Waals surface area contributed by atoms with Gasteiger partial charge in [-0.3, -0.25) is 0 Å². The summed E-state index contributed by atoms with van der Waals surface area (Å²) in [7, 11) is 0. The van der Waals surface area contributed by atoms with Gasteiger partial charge in [0, 0.05) is 11.6 Å². The van der Waals surface area contributed by atoms with Gasteiger partial charge in [-0.1, -0.05) is 0 Å². The SMILES string of the molecule is Cc1cc(F)cc(-c2ccc(CNC3CC3)o2)c1. The largest absolute Gasteiger partial charge is 0.460 e. The minimum absolute atomic E-state index is 0.223. The van der Waals surface area contributed by atoms with Crippen LogP contribution in [-0.4, -0.2) is 6.04 Å². The molecule has 18 heavy (non-hydrogen) atoms. The predicted molar refractivity (Wildman–Crippen MR) is 68.7 cm³/mol. The number of halogens is 1. The lowest BCUT2D eigenvalue weighted by atomic mass is 10.1. The van der Waals surface area contributed by atoms with Crippen molar-refractivity contribution in [1.82, 2.24) is 5.32 Å². The zero-order chi connectivity index (χ0) is 12.5. The van der Waals surface area contributed by atoms with Gasteiger partial charge in [-0.2, -0.15) is 0 Å². The summed E-state index contributed by atoms with van der Waals surface area (Å²) in [6, 6.07) is 9.46. The Morgan fingerprint density at radius 3 is 2.83 bits per heavy atom. The molecule has 1 N–H and O–H groups in total. The molecule has 1 aliphatic rings. The minimum Gasteiger partial charge on any atom is -0.460 e. The molecule has 0 amide bonds. The Morgan fingerprint density at radius 1 is 1.28 bits per heavy atom. The summed E-state index contributed by atoms with van der Waals surface area (Å²) >= 11 is 0. The first-order valence-electron chi connectivity index (χ1n) is 6.30. The van der Waals surface area contributed by atoms with Crippen molar-refractivity contribution in [1.29, 1.82) is 0 Å². The van der Waals surface area contributed by atoms with E-state index in [1.807, 2.05) is 25.1 Å². The van der Waals surface area contributed by atoms with Crippen LogP contribution in [0.15, 0.2) is 34.7 Å². The maximum Gasteiger partial charge on any atom is 0.134 e. The molecule has 0 spiro atoms. The second-order valence-electron chi connectivity index (χ2n) is 4.94. The molecule has 1 fully saturated rings. The smallest absolute Gasteiger partial charge is 0.134 e. The molecule has 1 aromatic carbocycles. The van der Waals surface area contributed by atoms with Gasteiger partial charge in [-0.05, 0) is 55.7 Å². The molecule has 2 aromatic rings. The summed E-state index contributed by atoms with van der Waals surface area (Å²) in [6.45, 7) is 2.63. The average molecular weight is 245 g/mol. The normalized spacial score (nSPS) is 15.0. The summed E-state index contributed by atoms with van der Waals surface area (Å²) in [5, 5.41) is 3.39. The van der Waals surface area contributed by atoms with Crippen molar-refractivity contribution in [2.45, 2.75) is 32.4 Å². The second-order valence-corrected chi connectivity index (χ2v) is 4.94. The van der Waals surface area contributed by atoms with Crippen LogP contribution >= 0.6 is 0 Å². The molecule has 1 aromatic heterocycles. The van der Waals surface area contributed by atoms with Crippen LogP contribution in [0.2, 0.25) is 0 Å². The van der Waals surface area contributed by atoms with Crippen LogP contribution in [0, 0.1) is 12.7 Å². The molecule has 0 bridgehead atoms. The molecule has 0 aliphatic heterocycles. The Balaban J connectivity index is 1.78. The van der Waals surface area contributed by atoms with Crippen LogP contribution < -0.4 is 5.32 Å². The summed E-state index contributed by atoms with van der Waals surface area (Å²) < 4.78 is 19.1. The second kappa shape index (κ2) is 4.58. The summed E-state index contributed by atoms with van der Waals surface area (Å²) in [5.74, 6) is 1.41. The van der Waals surface area contributed by atoms with E-state index in [1.54, 1.807) is 0 Å². The quantitative estimate of drug-likeness (QED) is 0.889. The summed E-state index contributed by atoms with van der Waals surface area (Å²) in [4.78, 5) is 0. The molecule has 0 radical (unpaired) electrons. The first-order chi connectivity index (χ1) is 8.70. The fraction of sp³-hybridized carbons (Fsp3) is 0.333. The van der Waals surface area contributed by atoms with E-state index in [0.29, 0.717) is 6.04 Å². The third-order valence-corrected chi connectivity index (χ3v) is 3.13. The van der Waals surface area contributed by atoms with Crippen LogP contribution in [0.3, 0.4) is 0 Å². The van der Waals surface area contributed by atoms with E-state index in [-0.39, 0.29) is 5.82 Å². The molecule has 0 atom stereocenters. The van der Waals surface area contributed by atoms with Crippen molar-refractivity contribution < 1.29 is 8.81 Å². The van der Waals surface area contributed by atoms with Crippen molar-refractivity contribution in [3.63, 3.8) is 0 Å². The first kappa shape index (κ1) is 11.5. The number of hydrogen-bond donors (Lipinski definition) is 1.